The van der Waals surface area contributed by atoms with E-state index < -0.39 is 10.0 Å². The van der Waals surface area contributed by atoms with Crippen LogP contribution in [-0.4, -0.2) is 38.4 Å². The fourth-order valence-corrected chi connectivity index (χ4v) is 4.87. The zero-order valence-corrected chi connectivity index (χ0v) is 16.5. The van der Waals surface area contributed by atoms with Crippen LogP contribution < -0.4 is 4.72 Å². The van der Waals surface area contributed by atoms with Gasteiger partial charge in [-0.05, 0) is 49.2 Å². The number of amides is 1. The molecule has 1 fully saturated rings. The molecule has 4 rings (SSSR count). The summed E-state index contributed by atoms with van der Waals surface area (Å²) < 4.78 is 33.3. The second kappa shape index (κ2) is 7.58. The zero-order chi connectivity index (χ0) is 19.7. The van der Waals surface area contributed by atoms with E-state index in [0.29, 0.717) is 36.5 Å². The summed E-state index contributed by atoms with van der Waals surface area (Å²) in [7, 11) is -3.56. The summed E-state index contributed by atoms with van der Waals surface area (Å²) in [5.41, 5.74) is 0.609. The molecule has 0 atom stereocenters. The van der Waals surface area contributed by atoms with Gasteiger partial charge in [0.2, 0.25) is 10.0 Å². The number of benzene rings is 2. The molecule has 1 aliphatic rings. The van der Waals surface area contributed by atoms with Gasteiger partial charge < -0.3 is 9.32 Å². The molecule has 28 heavy (non-hydrogen) atoms. The molecular weight excluding hydrogens is 400 g/mol. The minimum Gasteiger partial charge on any atom is -0.451 e. The van der Waals surface area contributed by atoms with Gasteiger partial charge in [0, 0.05) is 29.5 Å². The Morgan fingerprint density at radius 1 is 1.07 bits per heavy atom. The first-order valence-corrected chi connectivity index (χ1v) is 10.8. The topological polar surface area (TPSA) is 79.6 Å². The summed E-state index contributed by atoms with van der Waals surface area (Å²) in [6, 6.07) is 15.0. The Balaban J connectivity index is 1.40. The highest BCUT2D eigenvalue weighted by atomic mass is 35.5. The predicted molar refractivity (Wildman–Crippen MR) is 107 cm³/mol. The molecule has 1 saturated heterocycles. The van der Waals surface area contributed by atoms with Gasteiger partial charge in [0.05, 0.1) is 4.90 Å². The van der Waals surface area contributed by atoms with E-state index in [4.69, 9.17) is 16.0 Å². The summed E-state index contributed by atoms with van der Waals surface area (Å²) in [4.78, 5) is 14.7. The number of likely N-dealkylation sites (tertiary alicyclic amines) is 1. The molecule has 1 N–H and O–H groups in total. The Labute approximate surface area is 168 Å². The first-order chi connectivity index (χ1) is 13.4. The van der Waals surface area contributed by atoms with Gasteiger partial charge in [-0.15, -0.1) is 0 Å². The zero-order valence-electron chi connectivity index (χ0n) is 15.0. The average molecular weight is 419 g/mol. The van der Waals surface area contributed by atoms with E-state index in [1.807, 2.05) is 0 Å². The van der Waals surface area contributed by atoms with E-state index in [1.165, 1.54) is 0 Å². The molecule has 1 aliphatic heterocycles. The van der Waals surface area contributed by atoms with Gasteiger partial charge in [-0.1, -0.05) is 29.8 Å². The maximum atomic E-state index is 12.7. The molecule has 1 amide bonds. The number of hydrogen-bond acceptors (Lipinski definition) is 4. The molecule has 0 unspecified atom stereocenters. The summed E-state index contributed by atoms with van der Waals surface area (Å²) in [5.74, 6) is 0.0669. The number of halogens is 1. The maximum Gasteiger partial charge on any atom is 0.289 e. The van der Waals surface area contributed by atoms with Crippen molar-refractivity contribution < 1.29 is 17.6 Å². The normalized spacial score (nSPS) is 15.8. The van der Waals surface area contributed by atoms with Gasteiger partial charge >= 0.3 is 0 Å². The van der Waals surface area contributed by atoms with E-state index in [0.717, 1.165) is 5.39 Å². The summed E-state index contributed by atoms with van der Waals surface area (Å²) in [5, 5.41) is 1.36. The van der Waals surface area contributed by atoms with Crippen LogP contribution in [-0.2, 0) is 10.0 Å². The number of carbonyl (C=O) groups is 1. The molecular formula is C20H19ClN2O4S. The number of nitrogens with one attached hydrogen (secondary N) is 1. The van der Waals surface area contributed by atoms with Crippen LogP contribution in [0.4, 0.5) is 0 Å². The van der Waals surface area contributed by atoms with Crippen molar-refractivity contribution in [2.24, 2.45) is 0 Å². The summed E-state index contributed by atoms with van der Waals surface area (Å²) >= 11 is 5.98. The SMILES string of the molecule is O=C(c1cc2cc(Cl)ccc2o1)N1CCC(NS(=O)(=O)c2ccccc2)CC1. The number of sulfonamides is 1. The Morgan fingerprint density at radius 2 is 1.79 bits per heavy atom. The Kier molecular flexibility index (Phi) is 5.14. The lowest BCUT2D eigenvalue weighted by Crippen LogP contribution is -2.46. The Hall–Kier alpha value is -2.35. The lowest BCUT2D eigenvalue weighted by Gasteiger charge is -2.31. The lowest BCUT2D eigenvalue weighted by molar-refractivity contribution is 0.0681. The molecule has 0 bridgehead atoms. The largest absolute Gasteiger partial charge is 0.451 e. The van der Waals surface area contributed by atoms with E-state index in [9.17, 15) is 13.2 Å². The van der Waals surface area contributed by atoms with E-state index in [2.05, 4.69) is 4.72 Å². The van der Waals surface area contributed by atoms with Crippen LogP contribution in [0.3, 0.4) is 0 Å². The molecule has 146 valence electrons. The fourth-order valence-electron chi connectivity index (χ4n) is 3.36. The number of carbonyl (C=O) groups excluding carboxylic acids is 1. The molecule has 2 heterocycles. The third-order valence-corrected chi connectivity index (χ3v) is 6.62. The van der Waals surface area contributed by atoms with Gasteiger partial charge in [-0.2, -0.15) is 0 Å². The van der Waals surface area contributed by atoms with Crippen LogP contribution in [0.2, 0.25) is 5.02 Å². The van der Waals surface area contributed by atoms with Crippen molar-refractivity contribution in [3.05, 3.63) is 65.4 Å². The third-order valence-electron chi connectivity index (χ3n) is 4.85. The molecule has 0 saturated carbocycles. The lowest BCUT2D eigenvalue weighted by atomic mass is 10.1. The highest BCUT2D eigenvalue weighted by molar-refractivity contribution is 7.89. The predicted octanol–water partition coefficient (Wildman–Crippen LogP) is 3.67. The summed E-state index contributed by atoms with van der Waals surface area (Å²) in [6.45, 7) is 0.914. The van der Waals surface area contributed by atoms with Gasteiger partial charge in [0.25, 0.3) is 5.91 Å². The standard InChI is InChI=1S/C20H19ClN2O4S/c21-15-6-7-18-14(12-15)13-19(27-18)20(24)23-10-8-16(9-11-23)22-28(25,26)17-4-2-1-3-5-17/h1-7,12-13,16,22H,8-11H2. The number of furan rings is 1. The minimum absolute atomic E-state index is 0.198. The van der Waals surface area contributed by atoms with Crippen molar-refractivity contribution in [2.75, 3.05) is 13.1 Å². The average Bonchev–Trinajstić information content (AvgIpc) is 3.11. The van der Waals surface area contributed by atoms with Crippen molar-refractivity contribution in [2.45, 2.75) is 23.8 Å². The van der Waals surface area contributed by atoms with Crippen LogP contribution in [0.1, 0.15) is 23.4 Å². The van der Waals surface area contributed by atoms with Crippen molar-refractivity contribution in [3.8, 4) is 0 Å². The number of piperidine rings is 1. The quantitative estimate of drug-likeness (QED) is 0.701. The molecule has 6 nitrogen and oxygen atoms in total. The van der Waals surface area contributed by atoms with Gasteiger partial charge in [0.1, 0.15) is 5.58 Å². The van der Waals surface area contributed by atoms with Crippen LogP contribution in [0, 0.1) is 0 Å². The van der Waals surface area contributed by atoms with Crippen LogP contribution >= 0.6 is 11.6 Å². The molecule has 1 aromatic heterocycles. The molecule has 2 aromatic carbocycles. The maximum absolute atomic E-state index is 12.7. The Bertz CT molecular complexity index is 1100. The van der Waals surface area contributed by atoms with E-state index >= 15 is 0 Å². The monoisotopic (exact) mass is 418 g/mol. The highest BCUT2D eigenvalue weighted by Gasteiger charge is 2.28. The third kappa shape index (κ3) is 3.92. The number of nitrogens with zero attached hydrogens (tertiary/aromatic N) is 1. The highest BCUT2D eigenvalue weighted by Crippen LogP contribution is 2.25. The summed E-state index contributed by atoms with van der Waals surface area (Å²) in [6.07, 6.45) is 1.09. The van der Waals surface area contributed by atoms with Crippen LogP contribution in [0.15, 0.2) is 63.9 Å². The molecule has 0 spiro atoms. The number of fused-ring (bicyclic) bond motifs is 1. The van der Waals surface area contributed by atoms with Crippen molar-refractivity contribution in [1.29, 1.82) is 0 Å². The molecule has 0 aliphatic carbocycles. The van der Waals surface area contributed by atoms with Crippen molar-refractivity contribution >= 4 is 38.5 Å². The van der Waals surface area contributed by atoms with Crippen LogP contribution in [0.5, 0.6) is 0 Å². The number of rotatable bonds is 4. The fraction of sp³-hybridized carbons (Fsp3) is 0.250. The Morgan fingerprint density at radius 3 is 2.50 bits per heavy atom. The minimum atomic E-state index is -3.56. The molecule has 0 radical (unpaired) electrons. The van der Waals surface area contributed by atoms with Crippen molar-refractivity contribution in [3.63, 3.8) is 0 Å². The first-order valence-electron chi connectivity index (χ1n) is 8.98. The first kappa shape index (κ1) is 19.0. The second-order valence-electron chi connectivity index (χ2n) is 6.79. The van der Waals surface area contributed by atoms with E-state index in [1.54, 1.807) is 59.5 Å². The smallest absolute Gasteiger partial charge is 0.289 e. The van der Waals surface area contributed by atoms with E-state index in [-0.39, 0.29) is 22.6 Å². The van der Waals surface area contributed by atoms with Gasteiger partial charge in [0.15, 0.2) is 5.76 Å². The van der Waals surface area contributed by atoms with Crippen LogP contribution in [0.25, 0.3) is 11.0 Å². The molecule has 3 aromatic rings. The van der Waals surface area contributed by atoms with Gasteiger partial charge in [-0.25, -0.2) is 13.1 Å². The van der Waals surface area contributed by atoms with Gasteiger partial charge in [-0.3, -0.25) is 4.79 Å². The second-order valence-corrected chi connectivity index (χ2v) is 8.94. The molecule has 8 heteroatoms. The van der Waals surface area contributed by atoms with Crippen molar-refractivity contribution in [1.82, 2.24) is 9.62 Å². The number of hydrogen-bond donors (Lipinski definition) is 1.